The van der Waals surface area contributed by atoms with E-state index < -0.39 is 6.04 Å². The lowest BCUT2D eigenvalue weighted by Gasteiger charge is -2.16. The molecule has 0 saturated carbocycles. The number of hydrogen-bond acceptors (Lipinski definition) is 8. The number of ether oxygens (including phenoxy) is 1. The number of benzene rings is 2. The predicted octanol–water partition coefficient (Wildman–Crippen LogP) is 2.22. The summed E-state index contributed by atoms with van der Waals surface area (Å²) in [7, 11) is 3.23. The second-order valence-electron chi connectivity index (χ2n) is 7.31. The molecule has 3 N–H and O–H groups in total. The predicted molar refractivity (Wildman–Crippen MR) is 127 cm³/mol. The number of anilines is 1. The zero-order valence-electron chi connectivity index (χ0n) is 18.9. The van der Waals surface area contributed by atoms with Crippen LogP contribution < -0.4 is 15.4 Å². The molecule has 0 aliphatic carbocycles. The van der Waals surface area contributed by atoms with Crippen molar-refractivity contribution in [3.05, 3.63) is 65.5 Å². The molecule has 3 aromatic rings. The van der Waals surface area contributed by atoms with Crippen molar-refractivity contribution in [1.29, 1.82) is 0 Å². The first-order chi connectivity index (χ1) is 16.3. The van der Waals surface area contributed by atoms with Gasteiger partial charge in [0.1, 0.15) is 11.8 Å². The van der Waals surface area contributed by atoms with Crippen LogP contribution in [0.2, 0.25) is 0 Å². The Morgan fingerprint density at radius 2 is 1.85 bits per heavy atom. The van der Waals surface area contributed by atoms with E-state index in [2.05, 4.69) is 20.8 Å². The van der Waals surface area contributed by atoms with Crippen LogP contribution in [0.1, 0.15) is 39.5 Å². The maximum Gasteiger partial charge on any atom is 0.251 e. The van der Waals surface area contributed by atoms with Crippen molar-refractivity contribution < 1.29 is 24.2 Å². The molecule has 2 aromatic carbocycles. The summed E-state index contributed by atoms with van der Waals surface area (Å²) in [6.45, 7) is 1.08. The molecule has 0 unspecified atom stereocenters. The van der Waals surface area contributed by atoms with E-state index >= 15 is 0 Å². The number of nitrogens with one attached hydrogen (secondary N) is 2. The van der Waals surface area contributed by atoms with Crippen molar-refractivity contribution in [2.75, 3.05) is 24.8 Å². The van der Waals surface area contributed by atoms with Gasteiger partial charge in [0.25, 0.3) is 5.91 Å². The Morgan fingerprint density at radius 1 is 1.12 bits per heavy atom. The molecular weight excluding hydrogens is 458 g/mol. The number of aliphatic hydroxyl groups is 1. The molecular formula is C23H25N5O5S. The van der Waals surface area contributed by atoms with Gasteiger partial charge in [0, 0.05) is 23.9 Å². The Labute approximate surface area is 200 Å². The highest BCUT2D eigenvalue weighted by atomic mass is 32.2. The van der Waals surface area contributed by atoms with Gasteiger partial charge in [0.2, 0.25) is 5.91 Å². The number of nitrogens with zero attached hydrogens (tertiary/aromatic N) is 3. The molecule has 2 amide bonds. The van der Waals surface area contributed by atoms with Gasteiger partial charge in [-0.05, 0) is 43.3 Å². The van der Waals surface area contributed by atoms with Crippen molar-refractivity contribution in [3.8, 4) is 5.75 Å². The van der Waals surface area contributed by atoms with Crippen LogP contribution in [0.25, 0.3) is 0 Å². The standard InChI is InChI=1S/C23H25N5O5S/c1-14(30)16-5-4-6-17(11-16)24-20(31)13-34-23-27-26-21(28(23)2)19(12-29)25-22(32)15-7-9-18(33-3)10-8-15/h4-11,19,29H,12-13H2,1-3H3,(H,24,31)(H,25,32)/t19-/m0/s1. The van der Waals surface area contributed by atoms with Gasteiger partial charge in [-0.15, -0.1) is 10.2 Å². The topological polar surface area (TPSA) is 135 Å². The van der Waals surface area contributed by atoms with Crippen LogP contribution >= 0.6 is 11.8 Å². The summed E-state index contributed by atoms with van der Waals surface area (Å²) in [6, 6.07) is 12.5. The van der Waals surface area contributed by atoms with Crippen molar-refractivity contribution in [2.24, 2.45) is 7.05 Å². The lowest BCUT2D eigenvalue weighted by Crippen LogP contribution is -2.32. The smallest absolute Gasteiger partial charge is 0.251 e. The first-order valence-corrected chi connectivity index (χ1v) is 11.3. The number of hydrogen-bond donors (Lipinski definition) is 3. The summed E-state index contributed by atoms with van der Waals surface area (Å²) < 4.78 is 6.70. The van der Waals surface area contributed by atoms with Gasteiger partial charge in [-0.1, -0.05) is 23.9 Å². The van der Waals surface area contributed by atoms with Gasteiger partial charge in [-0.3, -0.25) is 14.4 Å². The maximum absolute atomic E-state index is 12.6. The van der Waals surface area contributed by atoms with E-state index in [9.17, 15) is 19.5 Å². The molecule has 11 heteroatoms. The van der Waals surface area contributed by atoms with Gasteiger partial charge in [-0.25, -0.2) is 0 Å². The van der Waals surface area contributed by atoms with Gasteiger partial charge in [0.15, 0.2) is 16.8 Å². The number of aromatic nitrogens is 3. The fraction of sp³-hybridized carbons (Fsp3) is 0.261. The van der Waals surface area contributed by atoms with Gasteiger partial charge < -0.3 is 25.0 Å². The van der Waals surface area contributed by atoms with E-state index in [-0.39, 0.29) is 30.0 Å². The Hall–Kier alpha value is -3.70. The van der Waals surface area contributed by atoms with Crippen molar-refractivity contribution in [2.45, 2.75) is 18.1 Å². The van der Waals surface area contributed by atoms with Gasteiger partial charge in [0.05, 0.1) is 19.5 Å². The van der Waals surface area contributed by atoms with Crippen LogP contribution in [0.4, 0.5) is 5.69 Å². The Bertz CT molecular complexity index is 1180. The third-order valence-electron chi connectivity index (χ3n) is 4.91. The number of thioether (sulfide) groups is 1. The molecule has 0 bridgehead atoms. The molecule has 0 radical (unpaired) electrons. The minimum atomic E-state index is -0.787. The van der Waals surface area contributed by atoms with E-state index in [0.29, 0.717) is 33.5 Å². The molecule has 1 atom stereocenters. The summed E-state index contributed by atoms with van der Waals surface area (Å²) in [6.07, 6.45) is 0. The summed E-state index contributed by atoms with van der Waals surface area (Å²) in [5, 5.41) is 23.9. The van der Waals surface area contributed by atoms with Crippen molar-refractivity contribution >= 4 is 35.0 Å². The van der Waals surface area contributed by atoms with E-state index in [4.69, 9.17) is 4.74 Å². The van der Waals surface area contributed by atoms with Gasteiger partial charge >= 0.3 is 0 Å². The van der Waals surface area contributed by atoms with E-state index in [0.717, 1.165) is 11.8 Å². The summed E-state index contributed by atoms with van der Waals surface area (Å²) in [4.78, 5) is 36.4. The third-order valence-corrected chi connectivity index (χ3v) is 5.93. The number of amides is 2. The highest BCUT2D eigenvalue weighted by molar-refractivity contribution is 7.99. The average molecular weight is 484 g/mol. The number of carbonyl (C=O) groups is 3. The van der Waals surface area contributed by atoms with Crippen LogP contribution in [-0.4, -0.2) is 56.9 Å². The highest BCUT2D eigenvalue weighted by Gasteiger charge is 2.22. The monoisotopic (exact) mass is 483 g/mol. The molecule has 0 fully saturated rings. The lowest BCUT2D eigenvalue weighted by molar-refractivity contribution is -0.113. The molecule has 0 aliphatic heterocycles. The van der Waals surface area contributed by atoms with E-state index in [1.807, 2.05) is 0 Å². The zero-order valence-corrected chi connectivity index (χ0v) is 19.8. The average Bonchev–Trinajstić information content (AvgIpc) is 3.21. The van der Waals surface area contributed by atoms with Crippen LogP contribution in [0, 0.1) is 0 Å². The molecule has 10 nitrogen and oxygen atoms in total. The van der Waals surface area contributed by atoms with E-state index in [1.54, 1.807) is 60.1 Å². The second kappa shape index (κ2) is 11.4. The summed E-state index contributed by atoms with van der Waals surface area (Å²) >= 11 is 1.16. The zero-order chi connectivity index (χ0) is 24.7. The van der Waals surface area contributed by atoms with Crippen LogP contribution in [-0.2, 0) is 11.8 Å². The van der Waals surface area contributed by atoms with Crippen molar-refractivity contribution in [1.82, 2.24) is 20.1 Å². The van der Waals surface area contributed by atoms with Crippen LogP contribution in [0.3, 0.4) is 0 Å². The number of Topliss-reactive ketones (excluding diaryl/α,β-unsaturated/α-hetero) is 1. The SMILES string of the molecule is COc1ccc(C(=O)N[C@@H](CO)c2nnc(SCC(=O)Nc3cccc(C(C)=O)c3)n2C)cc1. The third kappa shape index (κ3) is 6.21. The summed E-state index contributed by atoms with van der Waals surface area (Å²) in [5.74, 6) is 0.280. The molecule has 1 aromatic heterocycles. The first kappa shape index (κ1) is 24.9. The molecule has 3 rings (SSSR count). The Morgan fingerprint density at radius 3 is 2.50 bits per heavy atom. The van der Waals surface area contributed by atoms with Crippen molar-refractivity contribution in [3.63, 3.8) is 0 Å². The van der Waals surface area contributed by atoms with Crippen LogP contribution in [0.15, 0.2) is 53.7 Å². The Balaban J connectivity index is 1.61. The second-order valence-corrected chi connectivity index (χ2v) is 8.25. The lowest BCUT2D eigenvalue weighted by atomic mass is 10.1. The number of rotatable bonds is 10. The van der Waals surface area contributed by atoms with Crippen LogP contribution in [0.5, 0.6) is 5.75 Å². The largest absolute Gasteiger partial charge is 0.497 e. The molecule has 0 saturated heterocycles. The number of carbonyl (C=O) groups excluding carboxylic acids is 3. The first-order valence-electron chi connectivity index (χ1n) is 10.3. The molecule has 1 heterocycles. The fourth-order valence-electron chi connectivity index (χ4n) is 3.07. The minimum absolute atomic E-state index is 0.0538. The normalized spacial score (nSPS) is 11.5. The van der Waals surface area contributed by atoms with Gasteiger partial charge in [-0.2, -0.15) is 0 Å². The minimum Gasteiger partial charge on any atom is -0.497 e. The quantitative estimate of drug-likeness (QED) is 0.295. The maximum atomic E-state index is 12.6. The van der Waals surface area contributed by atoms with E-state index in [1.165, 1.54) is 14.0 Å². The molecule has 34 heavy (non-hydrogen) atoms. The molecule has 0 spiro atoms. The summed E-state index contributed by atoms with van der Waals surface area (Å²) in [5.41, 5.74) is 1.44. The highest BCUT2D eigenvalue weighted by Crippen LogP contribution is 2.20. The Kier molecular flexibility index (Phi) is 8.39. The number of ketones is 1. The molecule has 178 valence electrons. The fourth-order valence-corrected chi connectivity index (χ4v) is 3.79. The number of aliphatic hydroxyl groups excluding tert-OH is 1. The molecule has 0 aliphatic rings. The number of methoxy groups -OCH3 is 1.